The van der Waals surface area contributed by atoms with Gasteiger partial charge in [0, 0.05) is 5.88 Å². The molecule has 0 heterocycles. The fourth-order valence-electron chi connectivity index (χ4n) is 1.92. The molecule has 0 radical (unpaired) electrons. The van der Waals surface area contributed by atoms with Gasteiger partial charge in [-0.3, -0.25) is 0 Å². The van der Waals surface area contributed by atoms with Crippen LogP contribution in [0.5, 0.6) is 5.75 Å². The number of benzene rings is 2. The third-order valence-electron chi connectivity index (χ3n) is 3.00. The first-order valence-corrected chi connectivity index (χ1v) is 6.72. The molecule has 0 aromatic heterocycles. The number of halogens is 1. The Morgan fingerprint density at radius 3 is 2.17 bits per heavy atom. The summed E-state index contributed by atoms with van der Waals surface area (Å²) in [6, 6.07) is 16.3. The Labute approximate surface area is 113 Å². The molecule has 0 saturated carbocycles. The molecule has 0 aliphatic heterocycles. The van der Waals surface area contributed by atoms with E-state index >= 15 is 0 Å². The van der Waals surface area contributed by atoms with Gasteiger partial charge < -0.3 is 4.74 Å². The molecule has 1 nitrogen and oxygen atoms in total. The minimum Gasteiger partial charge on any atom is -0.489 e. The van der Waals surface area contributed by atoms with E-state index in [2.05, 4.69) is 19.1 Å². The van der Waals surface area contributed by atoms with Crippen molar-refractivity contribution in [3.63, 3.8) is 0 Å². The predicted octanol–water partition coefficient (Wildman–Crippen LogP) is 4.57. The van der Waals surface area contributed by atoms with Crippen molar-refractivity contribution in [2.75, 3.05) is 0 Å². The lowest BCUT2D eigenvalue weighted by Gasteiger charge is -2.12. The lowest BCUT2D eigenvalue weighted by atomic mass is 10.1. The van der Waals surface area contributed by atoms with Crippen LogP contribution in [0.3, 0.4) is 0 Å². The number of ether oxygens (including phenoxy) is 1. The smallest absolute Gasteiger partial charge is 0.122 e. The molecule has 0 atom stereocenters. The summed E-state index contributed by atoms with van der Waals surface area (Å²) in [4.78, 5) is 0. The Morgan fingerprint density at radius 1 is 0.889 bits per heavy atom. The molecule has 0 fully saturated rings. The third-order valence-corrected chi connectivity index (χ3v) is 3.29. The molecule has 18 heavy (non-hydrogen) atoms. The standard InChI is InChI=1S/C16H17ClO/c1-2-13-7-5-6-10-16(13)18-12-15-9-4-3-8-14(15)11-17/h3-10H,2,11-12H2,1H3. The van der Waals surface area contributed by atoms with Crippen LogP contribution in [0, 0.1) is 0 Å². The molecule has 2 aromatic rings. The van der Waals surface area contributed by atoms with Gasteiger partial charge in [0.15, 0.2) is 0 Å². The normalized spacial score (nSPS) is 10.3. The highest BCUT2D eigenvalue weighted by Crippen LogP contribution is 2.21. The highest BCUT2D eigenvalue weighted by Gasteiger charge is 2.04. The van der Waals surface area contributed by atoms with Crippen LogP contribution >= 0.6 is 11.6 Å². The molecule has 0 amide bonds. The van der Waals surface area contributed by atoms with Crippen LogP contribution in [0.1, 0.15) is 23.6 Å². The van der Waals surface area contributed by atoms with Gasteiger partial charge in [0.25, 0.3) is 0 Å². The third kappa shape index (κ3) is 3.05. The summed E-state index contributed by atoms with van der Waals surface area (Å²) >= 11 is 5.92. The Bertz CT molecular complexity index is 460. The largest absolute Gasteiger partial charge is 0.489 e. The second kappa shape index (κ2) is 6.46. The number of alkyl halides is 1. The molecule has 0 spiro atoms. The van der Waals surface area contributed by atoms with Crippen molar-refractivity contribution in [2.24, 2.45) is 0 Å². The first-order valence-electron chi connectivity index (χ1n) is 6.18. The van der Waals surface area contributed by atoms with Crippen molar-refractivity contribution < 1.29 is 4.74 Å². The second-order valence-electron chi connectivity index (χ2n) is 4.15. The monoisotopic (exact) mass is 260 g/mol. The lowest BCUT2D eigenvalue weighted by molar-refractivity contribution is 0.302. The summed E-state index contributed by atoms with van der Waals surface area (Å²) in [5, 5.41) is 0. The average Bonchev–Trinajstić information content (AvgIpc) is 2.45. The molecule has 2 heteroatoms. The molecule has 0 N–H and O–H groups in total. The maximum absolute atomic E-state index is 5.92. The van der Waals surface area contributed by atoms with E-state index in [0.29, 0.717) is 12.5 Å². The van der Waals surface area contributed by atoms with Crippen molar-refractivity contribution in [1.82, 2.24) is 0 Å². The van der Waals surface area contributed by atoms with Crippen LogP contribution in [0.4, 0.5) is 0 Å². The van der Waals surface area contributed by atoms with Gasteiger partial charge in [-0.15, -0.1) is 11.6 Å². The summed E-state index contributed by atoms with van der Waals surface area (Å²) in [7, 11) is 0. The molecule has 0 bridgehead atoms. The molecule has 0 unspecified atom stereocenters. The van der Waals surface area contributed by atoms with Crippen molar-refractivity contribution in [2.45, 2.75) is 25.8 Å². The van der Waals surface area contributed by atoms with Crippen LogP contribution in [-0.4, -0.2) is 0 Å². The summed E-state index contributed by atoms with van der Waals surface area (Å²) in [6.45, 7) is 2.70. The quantitative estimate of drug-likeness (QED) is 0.716. The Kier molecular flexibility index (Phi) is 4.66. The van der Waals surface area contributed by atoms with Crippen molar-refractivity contribution in [1.29, 1.82) is 0 Å². The fourth-order valence-corrected chi connectivity index (χ4v) is 2.18. The van der Waals surface area contributed by atoms with Gasteiger partial charge in [-0.1, -0.05) is 49.4 Å². The van der Waals surface area contributed by atoms with Gasteiger partial charge in [0.2, 0.25) is 0 Å². The molecule has 94 valence electrons. The Balaban J connectivity index is 2.11. The summed E-state index contributed by atoms with van der Waals surface area (Å²) in [6.07, 6.45) is 0.979. The first-order chi connectivity index (χ1) is 8.85. The number of para-hydroxylation sites is 1. The van der Waals surface area contributed by atoms with Crippen molar-refractivity contribution in [3.05, 3.63) is 65.2 Å². The van der Waals surface area contributed by atoms with E-state index < -0.39 is 0 Å². The van der Waals surface area contributed by atoms with E-state index in [1.165, 1.54) is 5.56 Å². The number of rotatable bonds is 5. The van der Waals surface area contributed by atoms with Gasteiger partial charge in [-0.25, -0.2) is 0 Å². The summed E-state index contributed by atoms with van der Waals surface area (Å²) in [5.41, 5.74) is 3.52. The van der Waals surface area contributed by atoms with Gasteiger partial charge in [-0.2, -0.15) is 0 Å². The number of aryl methyl sites for hydroxylation is 1. The van der Waals surface area contributed by atoms with Gasteiger partial charge in [-0.05, 0) is 29.2 Å². The van der Waals surface area contributed by atoms with Crippen LogP contribution < -0.4 is 4.74 Å². The zero-order chi connectivity index (χ0) is 12.8. The molecule has 2 rings (SSSR count). The van der Waals surface area contributed by atoms with E-state index in [-0.39, 0.29) is 0 Å². The second-order valence-corrected chi connectivity index (χ2v) is 4.42. The maximum Gasteiger partial charge on any atom is 0.122 e. The van der Waals surface area contributed by atoms with E-state index in [1.54, 1.807) is 0 Å². The minimum atomic E-state index is 0.523. The molecular formula is C16H17ClO. The Morgan fingerprint density at radius 2 is 1.50 bits per heavy atom. The zero-order valence-electron chi connectivity index (χ0n) is 10.5. The predicted molar refractivity (Wildman–Crippen MR) is 76.2 cm³/mol. The zero-order valence-corrected chi connectivity index (χ0v) is 11.3. The van der Waals surface area contributed by atoms with Crippen molar-refractivity contribution in [3.8, 4) is 5.75 Å². The average molecular weight is 261 g/mol. The van der Waals surface area contributed by atoms with Crippen LogP contribution in [0.2, 0.25) is 0 Å². The van der Waals surface area contributed by atoms with E-state index in [0.717, 1.165) is 23.3 Å². The topological polar surface area (TPSA) is 9.23 Å². The van der Waals surface area contributed by atoms with Gasteiger partial charge in [0.1, 0.15) is 12.4 Å². The van der Waals surface area contributed by atoms with E-state index in [4.69, 9.17) is 16.3 Å². The number of hydrogen-bond donors (Lipinski definition) is 0. The van der Waals surface area contributed by atoms with Crippen LogP contribution in [0.15, 0.2) is 48.5 Å². The lowest BCUT2D eigenvalue weighted by Crippen LogP contribution is -2.00. The highest BCUT2D eigenvalue weighted by atomic mass is 35.5. The van der Waals surface area contributed by atoms with Gasteiger partial charge in [0.05, 0.1) is 0 Å². The fraction of sp³-hybridized carbons (Fsp3) is 0.250. The van der Waals surface area contributed by atoms with Crippen molar-refractivity contribution >= 4 is 11.6 Å². The van der Waals surface area contributed by atoms with Gasteiger partial charge >= 0.3 is 0 Å². The number of hydrogen-bond acceptors (Lipinski definition) is 1. The molecule has 0 aliphatic rings. The van der Waals surface area contributed by atoms with E-state index in [1.807, 2.05) is 36.4 Å². The highest BCUT2D eigenvalue weighted by molar-refractivity contribution is 6.17. The van der Waals surface area contributed by atoms with E-state index in [9.17, 15) is 0 Å². The van der Waals surface area contributed by atoms with Crippen LogP contribution in [0.25, 0.3) is 0 Å². The Hall–Kier alpha value is -1.47. The van der Waals surface area contributed by atoms with Crippen LogP contribution in [-0.2, 0) is 18.9 Å². The minimum absolute atomic E-state index is 0.523. The molecule has 2 aromatic carbocycles. The maximum atomic E-state index is 5.92. The molecular weight excluding hydrogens is 244 g/mol. The first kappa shape index (κ1) is 13.0. The summed E-state index contributed by atoms with van der Waals surface area (Å²) < 4.78 is 5.90. The SMILES string of the molecule is CCc1ccccc1OCc1ccccc1CCl. The molecule has 0 saturated heterocycles. The summed E-state index contributed by atoms with van der Waals surface area (Å²) in [5.74, 6) is 1.49. The molecule has 0 aliphatic carbocycles.